The van der Waals surface area contributed by atoms with Crippen LogP contribution < -0.4 is 10.1 Å². The minimum Gasteiger partial charge on any atom is -0.497 e. The van der Waals surface area contributed by atoms with Gasteiger partial charge in [0, 0.05) is 25.2 Å². The van der Waals surface area contributed by atoms with Crippen LogP contribution in [0.1, 0.15) is 24.8 Å². The lowest BCUT2D eigenvalue weighted by molar-refractivity contribution is -0.140. The summed E-state index contributed by atoms with van der Waals surface area (Å²) < 4.78 is 10.7. The van der Waals surface area contributed by atoms with Crippen LogP contribution in [0.25, 0.3) is 0 Å². The molecular formula is C18H23NO5. The first-order valence-corrected chi connectivity index (χ1v) is 8.28. The van der Waals surface area contributed by atoms with Gasteiger partial charge < -0.3 is 19.9 Å². The predicted octanol–water partition coefficient (Wildman–Crippen LogP) is 1.58. The monoisotopic (exact) mass is 333 g/mol. The van der Waals surface area contributed by atoms with E-state index in [4.69, 9.17) is 14.6 Å². The molecule has 1 aromatic rings. The van der Waals surface area contributed by atoms with Crippen LogP contribution in [0.3, 0.4) is 0 Å². The molecule has 2 aliphatic rings. The highest BCUT2D eigenvalue weighted by Gasteiger charge is 2.48. The number of carbonyl (C=O) groups excluding carboxylic acids is 1. The van der Waals surface area contributed by atoms with E-state index >= 15 is 0 Å². The molecule has 1 saturated heterocycles. The summed E-state index contributed by atoms with van der Waals surface area (Å²) in [5, 5.41) is 11.9. The zero-order valence-corrected chi connectivity index (χ0v) is 13.8. The van der Waals surface area contributed by atoms with Crippen LogP contribution in [0, 0.1) is 11.8 Å². The minimum atomic E-state index is -0.883. The normalized spacial score (nSPS) is 24.9. The molecule has 6 nitrogen and oxygen atoms in total. The Balaban J connectivity index is 1.69. The van der Waals surface area contributed by atoms with Gasteiger partial charge in [-0.15, -0.1) is 0 Å². The number of hydrogen-bond donors (Lipinski definition) is 2. The molecule has 0 aromatic heterocycles. The van der Waals surface area contributed by atoms with Crippen molar-refractivity contribution in [2.24, 2.45) is 11.8 Å². The summed E-state index contributed by atoms with van der Waals surface area (Å²) in [6.07, 6.45) is 2.10. The Labute approximate surface area is 141 Å². The Bertz CT molecular complexity index is 606. The zero-order valence-electron chi connectivity index (χ0n) is 13.8. The Hall–Kier alpha value is -2.08. The second-order valence-corrected chi connectivity index (χ2v) is 6.63. The van der Waals surface area contributed by atoms with Crippen LogP contribution in [0.15, 0.2) is 24.3 Å². The molecule has 2 N–H and O–H groups in total. The van der Waals surface area contributed by atoms with Crippen LogP contribution in [0.5, 0.6) is 5.75 Å². The Morgan fingerprint density at radius 2 is 1.92 bits per heavy atom. The van der Waals surface area contributed by atoms with Crippen molar-refractivity contribution in [1.29, 1.82) is 0 Å². The lowest BCUT2D eigenvalue weighted by atomic mass is 9.74. The van der Waals surface area contributed by atoms with E-state index in [-0.39, 0.29) is 17.2 Å². The molecule has 130 valence electrons. The van der Waals surface area contributed by atoms with Crippen molar-refractivity contribution in [3.63, 3.8) is 0 Å². The van der Waals surface area contributed by atoms with E-state index in [1.54, 1.807) is 7.11 Å². The maximum Gasteiger partial charge on any atom is 0.307 e. The molecule has 0 spiro atoms. The molecule has 1 saturated carbocycles. The van der Waals surface area contributed by atoms with Crippen LogP contribution in [-0.4, -0.2) is 43.9 Å². The number of carboxylic acid groups (broad SMARTS) is 1. The molecule has 1 aromatic carbocycles. The highest BCUT2D eigenvalue weighted by atomic mass is 16.5. The number of nitrogens with one attached hydrogen (secondary N) is 1. The third kappa shape index (κ3) is 3.38. The van der Waals surface area contributed by atoms with E-state index in [0.717, 1.165) is 24.2 Å². The molecule has 0 radical (unpaired) electrons. The molecular weight excluding hydrogens is 310 g/mol. The fourth-order valence-electron chi connectivity index (χ4n) is 3.42. The van der Waals surface area contributed by atoms with Crippen molar-refractivity contribution in [2.75, 3.05) is 26.9 Å². The second-order valence-electron chi connectivity index (χ2n) is 6.63. The van der Waals surface area contributed by atoms with Crippen molar-refractivity contribution in [1.82, 2.24) is 5.32 Å². The summed E-state index contributed by atoms with van der Waals surface area (Å²) in [4.78, 5) is 23.1. The van der Waals surface area contributed by atoms with Gasteiger partial charge in [0.15, 0.2) is 0 Å². The van der Waals surface area contributed by atoms with E-state index in [2.05, 4.69) is 5.32 Å². The van der Waals surface area contributed by atoms with Gasteiger partial charge in [-0.2, -0.15) is 0 Å². The van der Waals surface area contributed by atoms with E-state index in [1.807, 2.05) is 24.3 Å². The highest BCUT2D eigenvalue weighted by molar-refractivity contribution is 5.89. The van der Waals surface area contributed by atoms with Gasteiger partial charge in [0.05, 0.1) is 18.9 Å². The van der Waals surface area contributed by atoms with Crippen LogP contribution in [-0.2, 0) is 19.7 Å². The van der Waals surface area contributed by atoms with Crippen LogP contribution >= 0.6 is 0 Å². The van der Waals surface area contributed by atoms with Crippen molar-refractivity contribution in [2.45, 2.75) is 24.7 Å². The van der Waals surface area contributed by atoms with Crippen LogP contribution in [0.2, 0.25) is 0 Å². The van der Waals surface area contributed by atoms with E-state index in [1.165, 1.54) is 0 Å². The standard InChI is InChI=1S/C18H23NO5/c1-23-13-4-2-12(3-5-13)18(6-8-24-9-7-18)11-19-16(20)14-10-15(14)17(21)22/h2-5,14-15H,6-11H2,1H3,(H,19,20)(H,21,22)/t14-,15-/m1/s1. The summed E-state index contributed by atoms with van der Waals surface area (Å²) in [6, 6.07) is 7.92. The number of rotatable bonds is 6. The zero-order chi connectivity index (χ0) is 17.2. The maximum absolute atomic E-state index is 12.2. The SMILES string of the molecule is COc1ccc(C2(CNC(=O)[C@@H]3C[C@H]3C(=O)O)CCOCC2)cc1. The topological polar surface area (TPSA) is 84.9 Å². The average Bonchev–Trinajstić information content (AvgIpc) is 3.42. The largest absolute Gasteiger partial charge is 0.497 e. The third-order valence-corrected chi connectivity index (χ3v) is 5.20. The number of aliphatic carboxylic acids is 1. The first-order valence-electron chi connectivity index (χ1n) is 8.28. The van der Waals surface area contributed by atoms with E-state index in [9.17, 15) is 9.59 Å². The fourth-order valence-corrected chi connectivity index (χ4v) is 3.42. The number of hydrogen-bond acceptors (Lipinski definition) is 4. The second kappa shape index (κ2) is 6.81. The number of ether oxygens (including phenoxy) is 2. The summed E-state index contributed by atoms with van der Waals surface area (Å²) in [5.41, 5.74) is 0.978. The van der Waals surface area contributed by atoms with Crippen molar-refractivity contribution in [3.8, 4) is 5.75 Å². The lowest BCUT2D eigenvalue weighted by Crippen LogP contribution is -2.45. The van der Waals surface area contributed by atoms with Crippen molar-refractivity contribution < 1.29 is 24.2 Å². The molecule has 0 unspecified atom stereocenters. The van der Waals surface area contributed by atoms with E-state index < -0.39 is 11.9 Å². The van der Waals surface area contributed by atoms with Gasteiger partial charge in [0.25, 0.3) is 0 Å². The summed E-state index contributed by atoms with van der Waals surface area (Å²) in [7, 11) is 1.63. The molecule has 1 heterocycles. The Morgan fingerprint density at radius 1 is 1.25 bits per heavy atom. The molecule has 0 bridgehead atoms. The number of methoxy groups -OCH3 is 1. The van der Waals surface area contributed by atoms with Crippen LogP contribution in [0.4, 0.5) is 0 Å². The van der Waals surface area contributed by atoms with Gasteiger partial charge in [-0.1, -0.05) is 12.1 Å². The highest BCUT2D eigenvalue weighted by Crippen LogP contribution is 2.40. The Kier molecular flexibility index (Phi) is 4.76. The quantitative estimate of drug-likeness (QED) is 0.826. The molecule has 24 heavy (non-hydrogen) atoms. The van der Waals surface area contributed by atoms with Gasteiger partial charge >= 0.3 is 5.97 Å². The molecule has 6 heteroatoms. The third-order valence-electron chi connectivity index (χ3n) is 5.20. The van der Waals surface area contributed by atoms with Gasteiger partial charge in [-0.05, 0) is 37.0 Å². The number of carbonyl (C=O) groups is 2. The summed E-state index contributed by atoms with van der Waals surface area (Å²) in [6.45, 7) is 1.82. The molecule has 2 fully saturated rings. The average molecular weight is 333 g/mol. The molecule has 1 aliphatic carbocycles. The lowest BCUT2D eigenvalue weighted by Gasteiger charge is -2.38. The van der Waals surface area contributed by atoms with Gasteiger partial charge in [-0.3, -0.25) is 9.59 Å². The molecule has 1 amide bonds. The first kappa shape index (κ1) is 16.8. The maximum atomic E-state index is 12.2. The van der Waals surface area contributed by atoms with Gasteiger partial charge in [0.2, 0.25) is 5.91 Å². The van der Waals surface area contributed by atoms with Gasteiger partial charge in [0.1, 0.15) is 5.75 Å². The summed E-state index contributed by atoms with van der Waals surface area (Å²) in [5.74, 6) is -1.13. The van der Waals surface area contributed by atoms with Gasteiger partial charge in [-0.25, -0.2) is 0 Å². The molecule has 3 rings (SSSR count). The number of benzene rings is 1. The van der Waals surface area contributed by atoms with Crippen molar-refractivity contribution in [3.05, 3.63) is 29.8 Å². The molecule has 2 atom stereocenters. The Morgan fingerprint density at radius 3 is 2.46 bits per heavy atom. The molecule has 1 aliphatic heterocycles. The van der Waals surface area contributed by atoms with Crippen molar-refractivity contribution >= 4 is 11.9 Å². The summed E-state index contributed by atoms with van der Waals surface area (Å²) >= 11 is 0. The minimum absolute atomic E-state index is 0.151. The van der Waals surface area contributed by atoms with E-state index in [0.29, 0.717) is 26.2 Å². The number of carboxylic acids is 1. The number of amides is 1. The fraction of sp³-hybridized carbons (Fsp3) is 0.556. The first-order chi connectivity index (χ1) is 11.6. The predicted molar refractivity (Wildman–Crippen MR) is 87.0 cm³/mol. The smallest absolute Gasteiger partial charge is 0.307 e.